The molecule has 1 aromatic heterocycles. The number of aliphatic hydroxyl groups is 2. The highest BCUT2D eigenvalue weighted by atomic mass is 16.6. The first-order chi connectivity index (χ1) is 16.2. The molecule has 3 heterocycles. The van der Waals surface area contributed by atoms with Gasteiger partial charge in [-0.1, -0.05) is 34.1 Å². The highest BCUT2D eigenvalue weighted by Gasteiger charge is 2.53. The van der Waals surface area contributed by atoms with Crippen molar-refractivity contribution in [1.29, 1.82) is 0 Å². The van der Waals surface area contributed by atoms with Crippen LogP contribution < -0.4 is 0 Å². The summed E-state index contributed by atoms with van der Waals surface area (Å²) in [6.07, 6.45) is 3.34. The average molecular weight is 492 g/mol. The maximum atomic E-state index is 13.2. The second-order valence-corrected chi connectivity index (χ2v) is 11.3. The average Bonchev–Trinajstić information content (AvgIpc) is 3.23. The van der Waals surface area contributed by atoms with E-state index in [-0.39, 0.29) is 24.2 Å². The molecule has 0 aromatic carbocycles. The van der Waals surface area contributed by atoms with Gasteiger partial charge in [-0.3, -0.25) is 9.59 Å². The minimum atomic E-state index is -1.25. The second-order valence-electron chi connectivity index (χ2n) is 11.3. The van der Waals surface area contributed by atoms with Crippen LogP contribution in [0.4, 0.5) is 0 Å². The number of ether oxygens (including phenoxy) is 2. The summed E-state index contributed by atoms with van der Waals surface area (Å²) in [5.41, 5.74) is -0.223. The van der Waals surface area contributed by atoms with Crippen molar-refractivity contribution in [2.75, 3.05) is 0 Å². The predicted octanol–water partition coefficient (Wildman–Crippen LogP) is 4.01. The number of carbonyl (C=O) groups excluding carboxylic acids is 2. The molecule has 2 aliphatic rings. The fraction of sp³-hybridized carbons (Fsp3) is 0.741. The Morgan fingerprint density at radius 1 is 1.17 bits per heavy atom. The summed E-state index contributed by atoms with van der Waals surface area (Å²) in [6.45, 7) is 12.5. The van der Waals surface area contributed by atoms with Crippen LogP contribution in [0.15, 0.2) is 16.3 Å². The number of oxazole rings is 1. The molecule has 8 nitrogen and oxygen atoms in total. The number of esters is 1. The zero-order valence-electron chi connectivity index (χ0n) is 22.0. The minimum Gasteiger partial charge on any atom is -0.458 e. The molecule has 1 aromatic rings. The first kappa shape index (κ1) is 27.6. The topological polar surface area (TPSA) is 122 Å². The van der Waals surface area contributed by atoms with E-state index in [4.69, 9.17) is 13.9 Å². The number of nitrogens with zero attached hydrogens (tertiary/aromatic N) is 1. The van der Waals surface area contributed by atoms with Crippen LogP contribution >= 0.6 is 0 Å². The van der Waals surface area contributed by atoms with Crippen molar-refractivity contribution >= 4 is 17.8 Å². The van der Waals surface area contributed by atoms with Gasteiger partial charge >= 0.3 is 5.97 Å². The lowest BCUT2D eigenvalue weighted by molar-refractivity contribution is -0.154. The Bertz CT molecular complexity index is 951. The molecule has 2 aliphatic heterocycles. The summed E-state index contributed by atoms with van der Waals surface area (Å²) in [7, 11) is 0. The van der Waals surface area contributed by atoms with Gasteiger partial charge in [-0.2, -0.15) is 0 Å². The van der Waals surface area contributed by atoms with E-state index in [1.165, 1.54) is 0 Å². The quantitative estimate of drug-likeness (QED) is 0.470. The van der Waals surface area contributed by atoms with Crippen LogP contribution in [0.25, 0.3) is 6.08 Å². The molecule has 0 unspecified atom stereocenters. The summed E-state index contributed by atoms with van der Waals surface area (Å²) in [5.74, 6) is -1.06. The number of aromatic nitrogens is 1. The van der Waals surface area contributed by atoms with Crippen molar-refractivity contribution in [2.45, 2.75) is 111 Å². The zero-order valence-corrected chi connectivity index (χ0v) is 22.0. The molecule has 2 fully saturated rings. The Morgan fingerprint density at radius 2 is 1.86 bits per heavy atom. The maximum Gasteiger partial charge on any atom is 0.309 e. The number of rotatable bonds is 2. The third-order valence-electron chi connectivity index (χ3n) is 7.88. The van der Waals surface area contributed by atoms with E-state index in [1.54, 1.807) is 34.0 Å². The number of epoxide rings is 1. The molecule has 3 rings (SSSR count). The zero-order chi connectivity index (χ0) is 26.1. The molecule has 0 bridgehead atoms. The molecule has 0 aliphatic carbocycles. The van der Waals surface area contributed by atoms with Gasteiger partial charge in [0.2, 0.25) is 0 Å². The fourth-order valence-corrected chi connectivity index (χ4v) is 5.09. The summed E-state index contributed by atoms with van der Waals surface area (Å²) in [4.78, 5) is 30.4. The van der Waals surface area contributed by atoms with Crippen LogP contribution in [-0.2, 0) is 19.1 Å². The van der Waals surface area contributed by atoms with Gasteiger partial charge in [-0.15, -0.1) is 0 Å². The second kappa shape index (κ2) is 10.5. The van der Waals surface area contributed by atoms with Crippen LogP contribution in [0.2, 0.25) is 0 Å². The Hall–Kier alpha value is -2.03. The number of ketones is 1. The highest BCUT2D eigenvalue weighted by molar-refractivity contribution is 5.88. The number of Topliss-reactive ketones (excluding diaryl/α,β-unsaturated/α-hetero) is 1. The number of fused-ring (bicyclic) bond motifs is 1. The van der Waals surface area contributed by atoms with Crippen molar-refractivity contribution < 1.29 is 33.7 Å². The molecule has 0 saturated carbocycles. The molecule has 0 spiro atoms. The molecule has 35 heavy (non-hydrogen) atoms. The molecule has 8 heteroatoms. The Balaban J connectivity index is 1.86. The van der Waals surface area contributed by atoms with Crippen molar-refractivity contribution in [3.63, 3.8) is 0 Å². The number of cyclic esters (lactones) is 1. The smallest absolute Gasteiger partial charge is 0.309 e. The van der Waals surface area contributed by atoms with Crippen molar-refractivity contribution in [2.24, 2.45) is 17.3 Å². The Kier molecular flexibility index (Phi) is 8.29. The number of hydrogen-bond acceptors (Lipinski definition) is 8. The van der Waals surface area contributed by atoms with Gasteiger partial charge in [0, 0.05) is 19.3 Å². The van der Waals surface area contributed by atoms with E-state index in [0.29, 0.717) is 18.0 Å². The molecule has 0 amide bonds. The summed E-state index contributed by atoms with van der Waals surface area (Å²) in [6, 6.07) is 0. The van der Waals surface area contributed by atoms with E-state index < -0.39 is 41.2 Å². The predicted molar refractivity (Wildman–Crippen MR) is 130 cm³/mol. The van der Waals surface area contributed by atoms with Crippen molar-refractivity contribution in [1.82, 2.24) is 4.98 Å². The lowest BCUT2D eigenvalue weighted by atomic mass is 9.73. The van der Waals surface area contributed by atoms with Crippen molar-refractivity contribution in [3.8, 4) is 0 Å². The Labute approximate surface area is 208 Å². The lowest BCUT2D eigenvalue weighted by Crippen LogP contribution is -2.45. The first-order valence-electron chi connectivity index (χ1n) is 12.6. The standard InChI is InChI=1S/C27H41NO7/c1-15-9-8-10-22-27(7,35-22)13-20(16(2)11-19-14-33-18(4)28-19)34-23(30)12-21(29)26(5,6)25(32)17(3)24(15)31/h11,14-15,17,20-22,24,29,31H,8-10,12-13H2,1-7H3/t15-,17+,20-,21-,22+,24-,27-/m0/s1. The molecule has 2 N–H and O–H groups in total. The van der Waals surface area contributed by atoms with Crippen LogP contribution in [-0.4, -0.2) is 57.0 Å². The van der Waals surface area contributed by atoms with E-state index in [0.717, 1.165) is 24.8 Å². The largest absolute Gasteiger partial charge is 0.458 e. The first-order valence-corrected chi connectivity index (χ1v) is 12.6. The molecule has 196 valence electrons. The van der Waals surface area contributed by atoms with Gasteiger partial charge in [-0.05, 0) is 44.3 Å². The number of carbonyl (C=O) groups is 2. The van der Waals surface area contributed by atoms with Crippen molar-refractivity contribution in [3.05, 3.63) is 23.4 Å². The van der Waals surface area contributed by atoms with E-state index in [2.05, 4.69) is 4.98 Å². The molecular weight excluding hydrogens is 450 g/mol. The van der Waals surface area contributed by atoms with Crippen LogP contribution in [0, 0.1) is 24.2 Å². The van der Waals surface area contributed by atoms with Crippen LogP contribution in [0.1, 0.15) is 85.2 Å². The summed E-state index contributed by atoms with van der Waals surface area (Å²) >= 11 is 0. The fourth-order valence-electron chi connectivity index (χ4n) is 5.09. The number of hydrogen-bond donors (Lipinski definition) is 2. The van der Waals surface area contributed by atoms with Gasteiger partial charge in [-0.25, -0.2) is 4.98 Å². The monoisotopic (exact) mass is 491 g/mol. The summed E-state index contributed by atoms with van der Waals surface area (Å²) in [5, 5.41) is 21.7. The van der Waals surface area contributed by atoms with Crippen LogP contribution in [0.3, 0.4) is 0 Å². The third-order valence-corrected chi connectivity index (χ3v) is 7.88. The number of aliphatic hydroxyl groups excluding tert-OH is 2. The van der Waals surface area contributed by atoms with E-state index in [1.807, 2.05) is 26.8 Å². The van der Waals surface area contributed by atoms with Gasteiger partial charge in [0.1, 0.15) is 23.8 Å². The van der Waals surface area contributed by atoms with Gasteiger partial charge < -0.3 is 24.1 Å². The molecule has 7 atom stereocenters. The van der Waals surface area contributed by atoms with Gasteiger partial charge in [0.15, 0.2) is 5.89 Å². The molecule has 0 radical (unpaired) electrons. The molecule has 2 saturated heterocycles. The SMILES string of the molecule is CC(=Cc1coc(C)n1)[C@@H]1C[C@]2(C)O[C@@H]2CCC[C@H](C)[C@H](O)[C@@H](C)C(=O)C(C)(C)[C@@H](O)CC(=O)O1. The van der Waals surface area contributed by atoms with E-state index in [9.17, 15) is 19.8 Å². The molecular formula is C27H41NO7. The minimum absolute atomic E-state index is 0.0339. The lowest BCUT2D eigenvalue weighted by Gasteiger charge is -2.34. The third kappa shape index (κ3) is 6.40. The van der Waals surface area contributed by atoms with Gasteiger partial charge in [0.25, 0.3) is 0 Å². The maximum absolute atomic E-state index is 13.2. The normalized spacial score (nSPS) is 37.5. The highest BCUT2D eigenvalue weighted by Crippen LogP contribution is 2.45. The van der Waals surface area contributed by atoms with Gasteiger partial charge in [0.05, 0.1) is 35.7 Å². The van der Waals surface area contributed by atoms with Crippen LogP contribution in [0.5, 0.6) is 0 Å². The van der Waals surface area contributed by atoms with E-state index >= 15 is 0 Å². The summed E-state index contributed by atoms with van der Waals surface area (Å²) < 4.78 is 17.2. The Morgan fingerprint density at radius 3 is 2.49 bits per heavy atom. The number of aryl methyl sites for hydroxylation is 1.